The Morgan fingerprint density at radius 3 is 2.19 bits per heavy atom. The third kappa shape index (κ3) is 5.92. The average Bonchev–Trinajstić information content (AvgIpc) is 2.38. The van der Waals surface area contributed by atoms with Crippen LogP contribution >= 0.6 is 0 Å². The van der Waals surface area contributed by atoms with Gasteiger partial charge in [-0.05, 0) is 36.6 Å². The fourth-order valence-corrected chi connectivity index (χ4v) is 2.13. The summed E-state index contributed by atoms with van der Waals surface area (Å²) in [5.41, 5.74) is 0.107. The fourth-order valence-electron chi connectivity index (χ4n) is 2.13. The summed E-state index contributed by atoms with van der Waals surface area (Å²) in [6.07, 6.45) is -1.74. The van der Waals surface area contributed by atoms with Gasteiger partial charge in [-0.15, -0.1) is 6.58 Å². The van der Waals surface area contributed by atoms with Crippen LogP contribution < -0.4 is 5.32 Å². The number of hydrogen-bond donors (Lipinski definition) is 1. The van der Waals surface area contributed by atoms with Crippen molar-refractivity contribution in [2.24, 2.45) is 11.3 Å². The first-order chi connectivity index (χ1) is 9.66. The van der Waals surface area contributed by atoms with Gasteiger partial charge in [-0.25, -0.2) is 0 Å². The van der Waals surface area contributed by atoms with Crippen molar-refractivity contribution in [1.29, 1.82) is 0 Å². The highest BCUT2D eigenvalue weighted by Crippen LogP contribution is 2.30. The Hall–Kier alpha value is -1.29. The van der Waals surface area contributed by atoms with Crippen LogP contribution in [0.3, 0.4) is 0 Å². The van der Waals surface area contributed by atoms with Gasteiger partial charge in [0.25, 0.3) is 0 Å². The van der Waals surface area contributed by atoms with Crippen LogP contribution in [0.15, 0.2) is 36.9 Å². The van der Waals surface area contributed by atoms with Crippen LogP contribution in [0.25, 0.3) is 0 Å². The van der Waals surface area contributed by atoms with Gasteiger partial charge in [0.2, 0.25) is 0 Å². The number of hydrogen-bond acceptors (Lipinski definition) is 1. The van der Waals surface area contributed by atoms with Crippen molar-refractivity contribution in [3.63, 3.8) is 0 Å². The van der Waals surface area contributed by atoms with Gasteiger partial charge in [0, 0.05) is 12.0 Å². The minimum atomic E-state index is -4.28. The Balaban J connectivity index is 2.70. The second-order valence-corrected chi connectivity index (χ2v) is 6.25. The van der Waals surface area contributed by atoms with Crippen molar-refractivity contribution in [3.8, 4) is 0 Å². The molecular formula is C17H24F3N. The topological polar surface area (TPSA) is 12.0 Å². The third-order valence-corrected chi connectivity index (χ3v) is 3.46. The van der Waals surface area contributed by atoms with Gasteiger partial charge >= 0.3 is 6.18 Å². The van der Waals surface area contributed by atoms with Crippen LogP contribution in [0.1, 0.15) is 31.9 Å². The molecule has 1 atom stereocenters. The number of nitrogens with one attached hydrogen (secondary N) is 1. The molecule has 0 aliphatic rings. The lowest BCUT2D eigenvalue weighted by atomic mass is 9.83. The fraction of sp³-hybridized carbons (Fsp3) is 0.529. The van der Waals surface area contributed by atoms with Crippen LogP contribution in [-0.2, 0) is 12.6 Å². The van der Waals surface area contributed by atoms with Crippen LogP contribution in [-0.4, -0.2) is 13.1 Å². The SMILES string of the molecule is C=CC(C)(CNCC(C)C)Cc1ccc(C(F)(F)F)cc1. The molecule has 0 aliphatic carbocycles. The molecule has 118 valence electrons. The van der Waals surface area contributed by atoms with E-state index in [9.17, 15) is 13.2 Å². The molecule has 0 heterocycles. The van der Waals surface area contributed by atoms with Crippen molar-refractivity contribution >= 4 is 0 Å². The van der Waals surface area contributed by atoms with Crippen molar-refractivity contribution in [2.45, 2.75) is 33.4 Å². The van der Waals surface area contributed by atoms with Gasteiger partial charge in [-0.3, -0.25) is 0 Å². The lowest BCUT2D eigenvalue weighted by Gasteiger charge is -2.27. The molecule has 0 amide bonds. The van der Waals surface area contributed by atoms with Gasteiger partial charge in [0.05, 0.1) is 5.56 Å². The molecule has 4 heteroatoms. The molecule has 1 rings (SSSR count). The van der Waals surface area contributed by atoms with E-state index in [-0.39, 0.29) is 5.41 Å². The molecule has 1 unspecified atom stereocenters. The number of alkyl halides is 3. The van der Waals surface area contributed by atoms with E-state index < -0.39 is 11.7 Å². The summed E-state index contributed by atoms with van der Waals surface area (Å²) in [6.45, 7) is 11.9. The smallest absolute Gasteiger partial charge is 0.316 e. The van der Waals surface area contributed by atoms with Crippen molar-refractivity contribution in [1.82, 2.24) is 5.32 Å². The number of halogens is 3. The van der Waals surface area contributed by atoms with E-state index in [4.69, 9.17) is 0 Å². The molecule has 1 aromatic carbocycles. The molecule has 0 saturated heterocycles. The van der Waals surface area contributed by atoms with Gasteiger partial charge in [-0.2, -0.15) is 13.2 Å². The molecule has 1 N–H and O–H groups in total. The minimum Gasteiger partial charge on any atom is -0.316 e. The summed E-state index contributed by atoms with van der Waals surface area (Å²) in [4.78, 5) is 0. The predicted octanol–water partition coefficient (Wildman–Crippen LogP) is 4.69. The zero-order chi connectivity index (χ0) is 16.1. The first kappa shape index (κ1) is 17.8. The highest BCUT2D eigenvalue weighted by molar-refractivity contribution is 5.26. The molecule has 0 bridgehead atoms. The van der Waals surface area contributed by atoms with Gasteiger partial charge in [-0.1, -0.05) is 39.0 Å². The maximum atomic E-state index is 12.5. The van der Waals surface area contributed by atoms with Gasteiger partial charge < -0.3 is 5.32 Å². The first-order valence-corrected chi connectivity index (χ1v) is 7.17. The van der Waals surface area contributed by atoms with E-state index in [0.29, 0.717) is 12.3 Å². The Morgan fingerprint density at radius 2 is 1.76 bits per heavy atom. The normalized spacial score (nSPS) is 15.0. The monoisotopic (exact) mass is 299 g/mol. The lowest BCUT2D eigenvalue weighted by Crippen LogP contribution is -2.34. The zero-order valence-corrected chi connectivity index (χ0v) is 12.9. The van der Waals surface area contributed by atoms with E-state index in [0.717, 1.165) is 30.8 Å². The molecule has 1 aromatic rings. The second-order valence-electron chi connectivity index (χ2n) is 6.25. The molecule has 0 spiro atoms. The predicted molar refractivity (Wildman–Crippen MR) is 81.2 cm³/mol. The quantitative estimate of drug-likeness (QED) is 0.720. The Morgan fingerprint density at radius 1 is 1.19 bits per heavy atom. The first-order valence-electron chi connectivity index (χ1n) is 7.17. The maximum Gasteiger partial charge on any atom is 0.416 e. The highest BCUT2D eigenvalue weighted by atomic mass is 19.4. The van der Waals surface area contributed by atoms with Crippen molar-refractivity contribution in [2.75, 3.05) is 13.1 Å². The van der Waals surface area contributed by atoms with Crippen LogP contribution in [0.4, 0.5) is 13.2 Å². The summed E-state index contributed by atoms with van der Waals surface area (Å²) < 4.78 is 37.6. The number of rotatable bonds is 7. The molecular weight excluding hydrogens is 275 g/mol. The molecule has 0 aliphatic heterocycles. The largest absolute Gasteiger partial charge is 0.416 e. The van der Waals surface area contributed by atoms with Crippen LogP contribution in [0.2, 0.25) is 0 Å². The molecule has 0 aromatic heterocycles. The third-order valence-electron chi connectivity index (χ3n) is 3.46. The molecule has 0 fully saturated rings. The molecule has 0 saturated carbocycles. The highest BCUT2D eigenvalue weighted by Gasteiger charge is 2.30. The van der Waals surface area contributed by atoms with Crippen molar-refractivity contribution in [3.05, 3.63) is 48.0 Å². The van der Waals surface area contributed by atoms with E-state index >= 15 is 0 Å². The molecule has 1 nitrogen and oxygen atoms in total. The van der Waals surface area contributed by atoms with E-state index in [2.05, 4.69) is 32.7 Å². The minimum absolute atomic E-state index is 0.172. The standard InChI is InChI=1S/C17H24F3N/c1-5-16(4,12-21-11-13(2)3)10-14-6-8-15(9-7-14)17(18,19)20/h5-9,13,21H,1,10-12H2,2-4H3. The second kappa shape index (κ2) is 7.12. The summed E-state index contributed by atoms with van der Waals surface area (Å²) >= 11 is 0. The van der Waals surface area contributed by atoms with Crippen LogP contribution in [0, 0.1) is 11.3 Å². The Bertz CT molecular complexity index is 448. The van der Waals surface area contributed by atoms with E-state index in [1.54, 1.807) is 12.1 Å². The average molecular weight is 299 g/mol. The van der Waals surface area contributed by atoms with Crippen LogP contribution in [0.5, 0.6) is 0 Å². The lowest BCUT2D eigenvalue weighted by molar-refractivity contribution is -0.137. The van der Waals surface area contributed by atoms with Gasteiger partial charge in [0.1, 0.15) is 0 Å². The van der Waals surface area contributed by atoms with E-state index in [1.165, 1.54) is 0 Å². The van der Waals surface area contributed by atoms with E-state index in [1.807, 2.05) is 6.08 Å². The molecule has 0 radical (unpaired) electrons. The summed E-state index contributed by atoms with van der Waals surface area (Å²) in [5.74, 6) is 0.560. The Labute approximate surface area is 125 Å². The maximum absolute atomic E-state index is 12.5. The van der Waals surface area contributed by atoms with Gasteiger partial charge in [0.15, 0.2) is 0 Å². The Kier molecular flexibility index (Phi) is 6.02. The number of benzene rings is 1. The zero-order valence-electron chi connectivity index (χ0n) is 12.9. The summed E-state index contributed by atoms with van der Waals surface area (Å²) in [7, 11) is 0. The summed E-state index contributed by atoms with van der Waals surface area (Å²) in [5, 5.41) is 3.38. The van der Waals surface area contributed by atoms with Crippen molar-refractivity contribution < 1.29 is 13.2 Å². The summed E-state index contributed by atoms with van der Waals surface area (Å²) in [6, 6.07) is 5.38. The molecule has 21 heavy (non-hydrogen) atoms.